The number of imidazole rings is 1. The number of hydrogen-bond donors (Lipinski definition) is 2. The van der Waals surface area contributed by atoms with Crippen LogP contribution in [0.3, 0.4) is 0 Å². The SMILES string of the molecule is CCC(CSc1nc(-c2ccccc2)c(-c2ccccc2)[nH]1)C(=O)O. The van der Waals surface area contributed by atoms with E-state index in [2.05, 4.69) is 4.98 Å². The van der Waals surface area contributed by atoms with Crippen LogP contribution in [0.2, 0.25) is 0 Å². The maximum Gasteiger partial charge on any atom is 0.307 e. The number of rotatable bonds is 7. The van der Waals surface area contributed by atoms with E-state index >= 15 is 0 Å². The first kappa shape index (κ1) is 17.3. The number of aliphatic carboxylic acids is 1. The summed E-state index contributed by atoms with van der Waals surface area (Å²) in [6.45, 7) is 1.90. The molecule has 4 nitrogen and oxygen atoms in total. The van der Waals surface area contributed by atoms with Crippen LogP contribution in [0.25, 0.3) is 22.5 Å². The molecule has 0 radical (unpaired) electrons. The van der Waals surface area contributed by atoms with Crippen molar-refractivity contribution in [2.45, 2.75) is 18.5 Å². The second-order valence-electron chi connectivity index (χ2n) is 5.75. The quantitative estimate of drug-likeness (QED) is 0.591. The molecule has 0 bridgehead atoms. The number of benzene rings is 2. The molecule has 3 rings (SSSR count). The molecule has 0 amide bonds. The van der Waals surface area contributed by atoms with E-state index in [4.69, 9.17) is 4.98 Å². The van der Waals surface area contributed by atoms with Gasteiger partial charge in [-0.2, -0.15) is 0 Å². The van der Waals surface area contributed by atoms with Crippen molar-refractivity contribution in [1.82, 2.24) is 9.97 Å². The fourth-order valence-corrected chi connectivity index (χ4v) is 3.65. The van der Waals surface area contributed by atoms with Crippen LogP contribution >= 0.6 is 11.8 Å². The van der Waals surface area contributed by atoms with Gasteiger partial charge in [0, 0.05) is 16.9 Å². The molecule has 1 aromatic heterocycles. The van der Waals surface area contributed by atoms with E-state index in [9.17, 15) is 9.90 Å². The number of nitrogens with zero attached hydrogens (tertiary/aromatic N) is 1. The predicted octanol–water partition coefficient (Wildman–Crippen LogP) is 4.95. The number of H-pyrrole nitrogens is 1. The van der Waals surface area contributed by atoms with E-state index in [1.807, 2.05) is 67.6 Å². The Kier molecular flexibility index (Phi) is 5.56. The molecule has 0 saturated carbocycles. The zero-order valence-electron chi connectivity index (χ0n) is 14.0. The van der Waals surface area contributed by atoms with Crippen LogP contribution < -0.4 is 0 Å². The Morgan fingerprint density at radius 1 is 1.08 bits per heavy atom. The maximum atomic E-state index is 11.2. The van der Waals surface area contributed by atoms with Gasteiger partial charge in [0.25, 0.3) is 0 Å². The molecule has 3 aromatic rings. The molecule has 25 heavy (non-hydrogen) atoms. The Balaban J connectivity index is 1.94. The standard InChI is InChI=1S/C20H20N2O2S/c1-2-14(19(23)24)13-25-20-21-17(15-9-5-3-6-10-15)18(22-20)16-11-7-4-8-12-16/h3-12,14H,2,13H2,1H3,(H,21,22)(H,23,24). The van der Waals surface area contributed by atoms with Crippen LogP contribution in [-0.4, -0.2) is 26.8 Å². The van der Waals surface area contributed by atoms with Crippen molar-refractivity contribution < 1.29 is 9.90 Å². The van der Waals surface area contributed by atoms with Gasteiger partial charge in [0.2, 0.25) is 0 Å². The number of nitrogens with one attached hydrogen (secondary N) is 1. The highest BCUT2D eigenvalue weighted by atomic mass is 32.2. The zero-order valence-corrected chi connectivity index (χ0v) is 14.8. The van der Waals surface area contributed by atoms with Gasteiger partial charge in [0.1, 0.15) is 0 Å². The van der Waals surface area contributed by atoms with Gasteiger partial charge in [0.15, 0.2) is 5.16 Å². The van der Waals surface area contributed by atoms with Crippen molar-refractivity contribution >= 4 is 17.7 Å². The minimum atomic E-state index is -0.756. The molecule has 1 unspecified atom stereocenters. The molecule has 1 heterocycles. The summed E-state index contributed by atoms with van der Waals surface area (Å²) < 4.78 is 0. The third kappa shape index (κ3) is 4.12. The first-order valence-corrected chi connectivity index (χ1v) is 9.24. The van der Waals surface area contributed by atoms with Crippen LogP contribution in [-0.2, 0) is 4.79 Å². The second-order valence-corrected chi connectivity index (χ2v) is 6.76. The normalized spacial score (nSPS) is 12.0. The van der Waals surface area contributed by atoms with E-state index in [1.54, 1.807) is 0 Å². The number of carbonyl (C=O) groups is 1. The first-order chi connectivity index (χ1) is 12.2. The number of aromatic nitrogens is 2. The molecule has 0 saturated heterocycles. The van der Waals surface area contributed by atoms with Gasteiger partial charge in [-0.15, -0.1) is 0 Å². The number of thioether (sulfide) groups is 1. The summed E-state index contributed by atoms with van der Waals surface area (Å²) in [6, 6.07) is 20.1. The summed E-state index contributed by atoms with van der Waals surface area (Å²) in [4.78, 5) is 19.3. The minimum Gasteiger partial charge on any atom is -0.481 e. The van der Waals surface area contributed by atoms with Gasteiger partial charge in [-0.1, -0.05) is 79.3 Å². The molecule has 0 spiro atoms. The lowest BCUT2D eigenvalue weighted by Crippen LogP contribution is -2.15. The summed E-state index contributed by atoms with van der Waals surface area (Å²) >= 11 is 1.46. The van der Waals surface area contributed by atoms with Gasteiger partial charge >= 0.3 is 5.97 Å². The second kappa shape index (κ2) is 8.03. The summed E-state index contributed by atoms with van der Waals surface area (Å²) in [5.74, 6) is -0.620. The Morgan fingerprint density at radius 2 is 1.68 bits per heavy atom. The van der Waals surface area contributed by atoms with E-state index in [1.165, 1.54) is 11.8 Å². The molecule has 0 aliphatic rings. The fraction of sp³-hybridized carbons (Fsp3) is 0.200. The summed E-state index contributed by atoms with van der Waals surface area (Å²) in [5.41, 5.74) is 3.94. The molecule has 128 valence electrons. The highest BCUT2D eigenvalue weighted by Crippen LogP contribution is 2.33. The summed E-state index contributed by atoms with van der Waals surface area (Å²) in [7, 11) is 0. The van der Waals surface area contributed by atoms with E-state index in [-0.39, 0.29) is 5.92 Å². The topological polar surface area (TPSA) is 66.0 Å². The monoisotopic (exact) mass is 352 g/mol. The molecular formula is C20H20N2O2S. The van der Waals surface area contributed by atoms with Crippen LogP contribution in [0.15, 0.2) is 65.8 Å². The Morgan fingerprint density at radius 3 is 2.24 bits per heavy atom. The van der Waals surface area contributed by atoms with E-state index in [0.717, 1.165) is 27.7 Å². The molecule has 5 heteroatoms. The Labute approximate surface area is 151 Å². The van der Waals surface area contributed by atoms with Crippen LogP contribution in [0.4, 0.5) is 0 Å². The smallest absolute Gasteiger partial charge is 0.307 e. The molecule has 1 atom stereocenters. The summed E-state index contributed by atoms with van der Waals surface area (Å²) in [6.07, 6.45) is 0.611. The third-order valence-corrected chi connectivity index (χ3v) is 5.09. The largest absolute Gasteiger partial charge is 0.481 e. The van der Waals surface area contributed by atoms with Gasteiger partial charge < -0.3 is 10.1 Å². The lowest BCUT2D eigenvalue weighted by atomic mass is 10.1. The molecule has 2 aromatic carbocycles. The summed E-state index contributed by atoms with van der Waals surface area (Å²) in [5, 5.41) is 9.97. The maximum absolute atomic E-state index is 11.2. The minimum absolute atomic E-state index is 0.365. The lowest BCUT2D eigenvalue weighted by molar-refractivity contribution is -0.140. The van der Waals surface area contributed by atoms with Crippen molar-refractivity contribution in [2.24, 2.45) is 5.92 Å². The number of carboxylic acid groups (broad SMARTS) is 1. The van der Waals surface area contributed by atoms with Crippen molar-refractivity contribution in [3.8, 4) is 22.5 Å². The number of carboxylic acids is 1. The average Bonchev–Trinajstić information content (AvgIpc) is 3.08. The first-order valence-electron chi connectivity index (χ1n) is 8.25. The average molecular weight is 352 g/mol. The lowest BCUT2D eigenvalue weighted by Gasteiger charge is -2.06. The number of hydrogen-bond acceptors (Lipinski definition) is 3. The molecule has 0 fully saturated rings. The Bertz CT molecular complexity index is 774. The number of aromatic amines is 1. The molecular weight excluding hydrogens is 332 g/mol. The molecule has 0 aliphatic carbocycles. The van der Waals surface area contributed by atoms with Crippen LogP contribution in [0, 0.1) is 5.92 Å². The van der Waals surface area contributed by atoms with Gasteiger partial charge in [-0.25, -0.2) is 4.98 Å². The van der Waals surface area contributed by atoms with Crippen LogP contribution in [0.5, 0.6) is 0 Å². The van der Waals surface area contributed by atoms with Gasteiger partial charge in [-0.3, -0.25) is 4.79 Å². The van der Waals surface area contributed by atoms with Crippen molar-refractivity contribution in [1.29, 1.82) is 0 Å². The van der Waals surface area contributed by atoms with Crippen molar-refractivity contribution in [3.63, 3.8) is 0 Å². The van der Waals surface area contributed by atoms with Crippen molar-refractivity contribution in [2.75, 3.05) is 5.75 Å². The zero-order chi connectivity index (χ0) is 17.6. The Hall–Kier alpha value is -2.53. The highest BCUT2D eigenvalue weighted by molar-refractivity contribution is 7.99. The molecule has 2 N–H and O–H groups in total. The third-order valence-electron chi connectivity index (χ3n) is 4.06. The van der Waals surface area contributed by atoms with Gasteiger partial charge in [0.05, 0.1) is 17.3 Å². The predicted molar refractivity (Wildman–Crippen MR) is 102 cm³/mol. The van der Waals surface area contributed by atoms with Crippen molar-refractivity contribution in [3.05, 3.63) is 60.7 Å². The van der Waals surface area contributed by atoms with Gasteiger partial charge in [-0.05, 0) is 6.42 Å². The fourth-order valence-electron chi connectivity index (χ4n) is 2.58. The van der Waals surface area contributed by atoms with Crippen LogP contribution in [0.1, 0.15) is 13.3 Å². The highest BCUT2D eigenvalue weighted by Gasteiger charge is 2.18. The van der Waals surface area contributed by atoms with E-state index < -0.39 is 5.97 Å². The molecule has 0 aliphatic heterocycles. The van der Waals surface area contributed by atoms with E-state index in [0.29, 0.717) is 12.2 Å².